The van der Waals surface area contributed by atoms with Gasteiger partial charge in [0, 0.05) is 30.4 Å². The highest BCUT2D eigenvalue weighted by Gasteiger charge is 2.29. The summed E-state index contributed by atoms with van der Waals surface area (Å²) in [7, 11) is -2.96. The minimum Gasteiger partial charge on any atom is -0.372 e. The predicted molar refractivity (Wildman–Crippen MR) is 82.4 cm³/mol. The minimum atomic E-state index is -2.96. The second kappa shape index (κ2) is 5.67. The Bertz CT molecular complexity index is 619. The Labute approximate surface area is 125 Å². The average molecular weight is 308 g/mol. The SMILES string of the molecule is O=C(NC1CCS(=O)(=O)C1)c1ccc(N2CCCC2)cc1. The van der Waals surface area contributed by atoms with Gasteiger partial charge in [0.1, 0.15) is 0 Å². The van der Waals surface area contributed by atoms with Crippen LogP contribution in [0.5, 0.6) is 0 Å². The summed E-state index contributed by atoms with van der Waals surface area (Å²) in [6.07, 6.45) is 2.96. The molecule has 0 saturated carbocycles. The maximum Gasteiger partial charge on any atom is 0.251 e. The van der Waals surface area contributed by atoms with E-state index in [0.29, 0.717) is 12.0 Å². The molecular formula is C15H20N2O3S. The Morgan fingerprint density at radius 3 is 2.38 bits per heavy atom. The first-order valence-corrected chi connectivity index (χ1v) is 9.22. The van der Waals surface area contributed by atoms with E-state index in [1.54, 1.807) is 0 Å². The molecule has 1 aromatic rings. The maximum atomic E-state index is 12.1. The van der Waals surface area contributed by atoms with Gasteiger partial charge in [0.15, 0.2) is 9.84 Å². The number of carbonyl (C=O) groups is 1. The van der Waals surface area contributed by atoms with E-state index in [-0.39, 0.29) is 23.5 Å². The van der Waals surface area contributed by atoms with Gasteiger partial charge >= 0.3 is 0 Å². The molecule has 2 saturated heterocycles. The topological polar surface area (TPSA) is 66.5 Å². The predicted octanol–water partition coefficient (Wildman–Crippen LogP) is 1.20. The van der Waals surface area contributed by atoms with Crippen molar-refractivity contribution in [2.45, 2.75) is 25.3 Å². The van der Waals surface area contributed by atoms with Crippen LogP contribution in [0.4, 0.5) is 5.69 Å². The zero-order chi connectivity index (χ0) is 14.9. The van der Waals surface area contributed by atoms with Crippen molar-refractivity contribution in [3.8, 4) is 0 Å². The van der Waals surface area contributed by atoms with Crippen molar-refractivity contribution in [1.82, 2.24) is 5.32 Å². The summed E-state index contributed by atoms with van der Waals surface area (Å²) < 4.78 is 22.8. The smallest absolute Gasteiger partial charge is 0.251 e. The van der Waals surface area contributed by atoms with Gasteiger partial charge in [-0.3, -0.25) is 4.79 Å². The first-order chi connectivity index (χ1) is 10.0. The van der Waals surface area contributed by atoms with Gasteiger partial charge in [-0.05, 0) is 43.5 Å². The maximum absolute atomic E-state index is 12.1. The molecule has 1 unspecified atom stereocenters. The van der Waals surface area contributed by atoms with Crippen LogP contribution in [0.2, 0.25) is 0 Å². The number of nitrogens with zero attached hydrogens (tertiary/aromatic N) is 1. The van der Waals surface area contributed by atoms with Gasteiger partial charge in [-0.2, -0.15) is 0 Å². The van der Waals surface area contributed by atoms with Crippen molar-refractivity contribution < 1.29 is 13.2 Å². The number of anilines is 1. The fourth-order valence-corrected chi connectivity index (χ4v) is 4.65. The van der Waals surface area contributed by atoms with Gasteiger partial charge in [-0.25, -0.2) is 8.42 Å². The van der Waals surface area contributed by atoms with Crippen LogP contribution in [0.15, 0.2) is 24.3 Å². The summed E-state index contributed by atoms with van der Waals surface area (Å²) in [4.78, 5) is 14.4. The third-order valence-electron chi connectivity index (χ3n) is 4.17. The number of carbonyl (C=O) groups excluding carboxylic acids is 1. The van der Waals surface area contributed by atoms with E-state index in [4.69, 9.17) is 0 Å². The van der Waals surface area contributed by atoms with Gasteiger partial charge in [0.05, 0.1) is 11.5 Å². The molecule has 1 N–H and O–H groups in total. The van der Waals surface area contributed by atoms with Crippen LogP contribution < -0.4 is 10.2 Å². The molecule has 1 amide bonds. The van der Waals surface area contributed by atoms with Crippen molar-refractivity contribution in [2.24, 2.45) is 0 Å². The highest BCUT2D eigenvalue weighted by molar-refractivity contribution is 7.91. The van der Waals surface area contributed by atoms with E-state index in [1.165, 1.54) is 12.8 Å². The normalized spacial score (nSPS) is 24.2. The Hall–Kier alpha value is -1.56. The number of rotatable bonds is 3. The number of hydrogen-bond acceptors (Lipinski definition) is 4. The minimum absolute atomic E-state index is 0.0601. The summed E-state index contributed by atoms with van der Waals surface area (Å²) in [6, 6.07) is 7.30. The Balaban J connectivity index is 1.62. The van der Waals surface area contributed by atoms with Gasteiger partial charge in [-0.15, -0.1) is 0 Å². The Morgan fingerprint density at radius 1 is 1.14 bits per heavy atom. The van der Waals surface area contributed by atoms with Crippen molar-refractivity contribution in [1.29, 1.82) is 0 Å². The van der Waals surface area contributed by atoms with Crippen LogP contribution in [-0.4, -0.2) is 45.0 Å². The standard InChI is InChI=1S/C15H20N2O3S/c18-15(16-13-7-10-21(19,20)11-13)12-3-5-14(6-4-12)17-8-1-2-9-17/h3-6,13H,1-2,7-11H2,(H,16,18). The lowest BCUT2D eigenvalue weighted by Gasteiger charge is -2.18. The van der Waals surface area contributed by atoms with Gasteiger partial charge in [0.2, 0.25) is 0 Å². The fourth-order valence-electron chi connectivity index (χ4n) is 2.98. The van der Waals surface area contributed by atoms with E-state index >= 15 is 0 Å². The van der Waals surface area contributed by atoms with Crippen molar-refractivity contribution >= 4 is 21.4 Å². The second-order valence-corrected chi connectivity index (χ2v) is 8.04. The molecule has 1 atom stereocenters. The largest absolute Gasteiger partial charge is 0.372 e. The van der Waals surface area contributed by atoms with Crippen LogP contribution in [0.3, 0.4) is 0 Å². The van der Waals surface area contributed by atoms with Crippen LogP contribution in [0.1, 0.15) is 29.6 Å². The van der Waals surface area contributed by atoms with Crippen molar-refractivity contribution in [3.63, 3.8) is 0 Å². The molecule has 0 aliphatic carbocycles. The molecule has 2 aliphatic heterocycles. The van der Waals surface area contributed by atoms with E-state index in [0.717, 1.165) is 18.8 Å². The highest BCUT2D eigenvalue weighted by Crippen LogP contribution is 2.20. The van der Waals surface area contributed by atoms with E-state index in [9.17, 15) is 13.2 Å². The number of amides is 1. The summed E-state index contributed by atoms with van der Waals surface area (Å²) in [5, 5.41) is 2.81. The zero-order valence-electron chi connectivity index (χ0n) is 11.9. The summed E-state index contributed by atoms with van der Waals surface area (Å²) in [5.74, 6) is 0.0428. The molecule has 3 rings (SSSR count). The van der Waals surface area contributed by atoms with Gasteiger partial charge in [0.25, 0.3) is 5.91 Å². The van der Waals surface area contributed by atoms with Crippen LogP contribution >= 0.6 is 0 Å². The monoisotopic (exact) mass is 308 g/mol. The highest BCUT2D eigenvalue weighted by atomic mass is 32.2. The molecule has 0 spiro atoms. The summed E-state index contributed by atoms with van der Waals surface area (Å²) >= 11 is 0. The molecule has 0 radical (unpaired) electrons. The number of sulfone groups is 1. The second-order valence-electron chi connectivity index (χ2n) is 5.81. The molecule has 2 fully saturated rings. The average Bonchev–Trinajstić information content (AvgIpc) is 3.09. The number of nitrogens with one attached hydrogen (secondary N) is 1. The van der Waals surface area contributed by atoms with E-state index in [2.05, 4.69) is 10.2 Å². The quantitative estimate of drug-likeness (QED) is 0.911. The van der Waals surface area contributed by atoms with E-state index < -0.39 is 9.84 Å². The van der Waals surface area contributed by atoms with E-state index in [1.807, 2.05) is 24.3 Å². The lowest BCUT2D eigenvalue weighted by molar-refractivity contribution is 0.0941. The first-order valence-electron chi connectivity index (χ1n) is 7.40. The molecule has 21 heavy (non-hydrogen) atoms. The van der Waals surface area contributed by atoms with Gasteiger partial charge in [-0.1, -0.05) is 0 Å². The van der Waals surface area contributed by atoms with Gasteiger partial charge < -0.3 is 10.2 Å². The molecule has 2 aliphatic rings. The van der Waals surface area contributed by atoms with Crippen molar-refractivity contribution in [2.75, 3.05) is 29.5 Å². The summed E-state index contributed by atoms with van der Waals surface area (Å²) in [6.45, 7) is 2.15. The van der Waals surface area contributed by atoms with Crippen LogP contribution in [-0.2, 0) is 9.84 Å². The molecule has 5 nitrogen and oxygen atoms in total. The molecule has 0 aromatic heterocycles. The molecular weight excluding hydrogens is 288 g/mol. The molecule has 2 heterocycles. The zero-order valence-corrected chi connectivity index (χ0v) is 12.7. The van der Waals surface area contributed by atoms with Crippen molar-refractivity contribution in [3.05, 3.63) is 29.8 Å². The summed E-state index contributed by atoms with van der Waals surface area (Å²) in [5.41, 5.74) is 1.73. The third kappa shape index (κ3) is 3.37. The Kier molecular flexibility index (Phi) is 3.89. The Morgan fingerprint density at radius 2 is 1.81 bits per heavy atom. The molecule has 6 heteroatoms. The molecule has 1 aromatic carbocycles. The molecule has 0 bridgehead atoms. The van der Waals surface area contributed by atoms with Crippen LogP contribution in [0.25, 0.3) is 0 Å². The number of benzene rings is 1. The lowest BCUT2D eigenvalue weighted by Crippen LogP contribution is -2.35. The third-order valence-corrected chi connectivity index (χ3v) is 5.94. The fraction of sp³-hybridized carbons (Fsp3) is 0.533. The molecule has 114 valence electrons. The lowest BCUT2D eigenvalue weighted by atomic mass is 10.1. The number of hydrogen-bond donors (Lipinski definition) is 1. The first kappa shape index (κ1) is 14.4. The van der Waals surface area contributed by atoms with Crippen LogP contribution in [0, 0.1) is 0 Å².